The molecule has 0 N–H and O–H groups in total. The lowest BCUT2D eigenvalue weighted by molar-refractivity contribution is 0.0460. The van der Waals surface area contributed by atoms with Crippen LogP contribution in [0.1, 0.15) is 38.1 Å². The monoisotopic (exact) mass is 325 g/mol. The van der Waals surface area contributed by atoms with E-state index in [0.717, 1.165) is 0 Å². The molecule has 0 fully saturated rings. The highest BCUT2D eigenvalue weighted by Crippen LogP contribution is 2.22. The summed E-state index contributed by atoms with van der Waals surface area (Å²) in [5.41, 5.74) is 0.396. The molecule has 1 aromatic rings. The van der Waals surface area contributed by atoms with Crippen LogP contribution in [0.4, 0.5) is 0 Å². The molecular weight excluding hydrogens is 299 g/mol. The maximum Gasteiger partial charge on any atom is 0.380 e. The molecule has 1 rings (SSSR count). The van der Waals surface area contributed by atoms with E-state index >= 15 is 0 Å². The molecule has 0 spiro atoms. The minimum absolute atomic E-state index is 0.273. The third-order valence-corrected chi connectivity index (χ3v) is 4.35. The fourth-order valence-electron chi connectivity index (χ4n) is 1.77. The molecule has 0 saturated heterocycles. The Kier molecular flexibility index (Phi) is 8.29. The SMILES string of the molecule is CC(C)COCC[P+](=O)c1ccccc1C(=O)OCC(C)C. The van der Waals surface area contributed by atoms with Crippen molar-refractivity contribution in [2.45, 2.75) is 27.7 Å². The number of carbonyl (C=O) groups is 1. The van der Waals surface area contributed by atoms with Crippen LogP contribution in [0.15, 0.2) is 24.3 Å². The average molecular weight is 325 g/mol. The van der Waals surface area contributed by atoms with Gasteiger partial charge in [-0.3, -0.25) is 0 Å². The number of esters is 1. The van der Waals surface area contributed by atoms with Crippen LogP contribution in [-0.4, -0.2) is 32.0 Å². The van der Waals surface area contributed by atoms with Crippen molar-refractivity contribution in [2.75, 3.05) is 26.0 Å². The lowest BCUT2D eigenvalue weighted by atomic mass is 10.2. The molecule has 1 unspecified atom stereocenters. The van der Waals surface area contributed by atoms with Crippen molar-refractivity contribution in [1.29, 1.82) is 0 Å². The highest BCUT2D eigenvalue weighted by molar-refractivity contribution is 7.53. The summed E-state index contributed by atoms with van der Waals surface area (Å²) in [6.07, 6.45) is 0.413. The molecule has 0 bridgehead atoms. The van der Waals surface area contributed by atoms with E-state index in [4.69, 9.17) is 9.47 Å². The standard InChI is InChI=1S/C17H26O4P/c1-13(2)11-20-9-10-22(19)16-8-6-5-7-15(16)17(18)21-12-14(3)4/h5-8,13-14H,9-12H2,1-4H3/q+1. The Balaban J connectivity index is 2.66. The van der Waals surface area contributed by atoms with Gasteiger partial charge >= 0.3 is 13.8 Å². The number of hydrogen-bond donors (Lipinski definition) is 0. The molecule has 5 heteroatoms. The first kappa shape index (κ1) is 18.8. The van der Waals surface area contributed by atoms with E-state index in [9.17, 15) is 9.36 Å². The summed E-state index contributed by atoms with van der Waals surface area (Å²) in [5.74, 6) is 0.321. The van der Waals surface area contributed by atoms with E-state index in [1.807, 2.05) is 13.8 Å². The topological polar surface area (TPSA) is 52.6 Å². The molecule has 0 radical (unpaired) electrons. The summed E-state index contributed by atoms with van der Waals surface area (Å²) in [6, 6.07) is 6.94. The van der Waals surface area contributed by atoms with Gasteiger partial charge in [-0.2, -0.15) is 0 Å². The third kappa shape index (κ3) is 6.67. The Morgan fingerprint density at radius 2 is 1.73 bits per heavy atom. The molecule has 0 aliphatic rings. The van der Waals surface area contributed by atoms with Crippen LogP contribution in [-0.2, 0) is 14.0 Å². The first-order chi connectivity index (χ1) is 10.4. The first-order valence-electron chi connectivity index (χ1n) is 7.70. The molecule has 0 aliphatic carbocycles. The third-order valence-electron chi connectivity index (χ3n) is 2.83. The van der Waals surface area contributed by atoms with Crippen molar-refractivity contribution in [1.82, 2.24) is 0 Å². The molecule has 0 heterocycles. The Labute approximate surface area is 134 Å². The van der Waals surface area contributed by atoms with Crippen molar-refractivity contribution in [3.63, 3.8) is 0 Å². The molecule has 0 aromatic heterocycles. The van der Waals surface area contributed by atoms with Gasteiger partial charge in [-0.05, 0) is 24.0 Å². The van der Waals surface area contributed by atoms with Crippen LogP contribution in [0.25, 0.3) is 0 Å². The number of benzene rings is 1. The van der Waals surface area contributed by atoms with Crippen LogP contribution >= 0.6 is 7.80 Å². The first-order valence-corrected chi connectivity index (χ1v) is 9.14. The van der Waals surface area contributed by atoms with Crippen LogP contribution in [0.2, 0.25) is 0 Å². The largest absolute Gasteiger partial charge is 0.462 e. The van der Waals surface area contributed by atoms with Gasteiger partial charge in [-0.1, -0.05) is 44.4 Å². The Morgan fingerprint density at radius 3 is 2.36 bits per heavy atom. The second-order valence-corrected chi connectivity index (χ2v) is 7.77. The lowest BCUT2D eigenvalue weighted by Gasteiger charge is -2.07. The predicted molar refractivity (Wildman–Crippen MR) is 89.3 cm³/mol. The summed E-state index contributed by atoms with van der Waals surface area (Å²) in [4.78, 5) is 12.1. The molecule has 22 heavy (non-hydrogen) atoms. The van der Waals surface area contributed by atoms with E-state index < -0.39 is 13.8 Å². The van der Waals surface area contributed by atoms with Crippen molar-refractivity contribution in [3.05, 3.63) is 29.8 Å². The summed E-state index contributed by atoms with van der Waals surface area (Å²) < 4.78 is 23.1. The van der Waals surface area contributed by atoms with Crippen LogP contribution in [0.5, 0.6) is 0 Å². The number of hydrogen-bond acceptors (Lipinski definition) is 4. The summed E-state index contributed by atoms with van der Waals surface area (Å²) in [5, 5.41) is 0.555. The van der Waals surface area contributed by atoms with E-state index in [0.29, 0.717) is 42.8 Å². The van der Waals surface area contributed by atoms with Gasteiger partial charge in [0.25, 0.3) is 0 Å². The lowest BCUT2D eigenvalue weighted by Crippen LogP contribution is -2.18. The quantitative estimate of drug-likeness (QED) is 0.395. The van der Waals surface area contributed by atoms with Crippen molar-refractivity contribution in [2.24, 2.45) is 11.8 Å². The van der Waals surface area contributed by atoms with E-state index in [2.05, 4.69) is 13.8 Å². The van der Waals surface area contributed by atoms with E-state index in [1.165, 1.54) is 0 Å². The van der Waals surface area contributed by atoms with Crippen LogP contribution in [0.3, 0.4) is 0 Å². The van der Waals surface area contributed by atoms with Crippen molar-refractivity contribution in [3.8, 4) is 0 Å². The van der Waals surface area contributed by atoms with Crippen LogP contribution < -0.4 is 5.30 Å². The zero-order chi connectivity index (χ0) is 16.5. The van der Waals surface area contributed by atoms with Gasteiger partial charge in [0, 0.05) is 6.61 Å². The minimum atomic E-state index is -1.66. The predicted octanol–water partition coefficient (Wildman–Crippen LogP) is 3.62. The van der Waals surface area contributed by atoms with Gasteiger partial charge < -0.3 is 9.47 Å². The minimum Gasteiger partial charge on any atom is -0.462 e. The molecule has 0 saturated carbocycles. The molecule has 122 valence electrons. The number of carbonyl (C=O) groups excluding carboxylic acids is 1. The zero-order valence-electron chi connectivity index (χ0n) is 13.9. The van der Waals surface area contributed by atoms with Gasteiger partial charge in [-0.25, -0.2) is 4.79 Å². The second-order valence-electron chi connectivity index (χ2n) is 6.08. The Bertz CT molecular complexity index is 497. The van der Waals surface area contributed by atoms with Crippen LogP contribution in [0, 0.1) is 11.8 Å². The molecule has 1 aromatic carbocycles. The number of rotatable bonds is 9. The maximum atomic E-state index is 12.4. The fourth-order valence-corrected chi connectivity index (χ4v) is 2.99. The summed E-state index contributed by atoms with van der Waals surface area (Å²) in [6.45, 7) is 9.54. The average Bonchev–Trinajstić information content (AvgIpc) is 2.48. The van der Waals surface area contributed by atoms with Gasteiger partial charge in [0.15, 0.2) is 6.16 Å². The van der Waals surface area contributed by atoms with E-state index in [-0.39, 0.29) is 5.92 Å². The van der Waals surface area contributed by atoms with Crippen molar-refractivity contribution < 1.29 is 18.8 Å². The summed E-state index contributed by atoms with van der Waals surface area (Å²) in [7, 11) is -1.66. The van der Waals surface area contributed by atoms with Gasteiger partial charge in [0.05, 0.1) is 13.2 Å². The molecule has 0 amide bonds. The highest BCUT2D eigenvalue weighted by atomic mass is 31.1. The fraction of sp³-hybridized carbons (Fsp3) is 0.588. The summed E-state index contributed by atoms with van der Waals surface area (Å²) >= 11 is 0. The smallest absolute Gasteiger partial charge is 0.380 e. The maximum absolute atomic E-state index is 12.4. The Hall–Kier alpha value is -1.25. The molecule has 4 nitrogen and oxygen atoms in total. The Morgan fingerprint density at radius 1 is 1.09 bits per heavy atom. The van der Waals surface area contributed by atoms with E-state index in [1.54, 1.807) is 24.3 Å². The van der Waals surface area contributed by atoms with Gasteiger partial charge in [0.1, 0.15) is 5.56 Å². The normalized spacial score (nSPS) is 11.8. The number of ether oxygens (including phenoxy) is 2. The molecular formula is C17H26O4P+. The highest BCUT2D eigenvalue weighted by Gasteiger charge is 2.27. The van der Waals surface area contributed by atoms with Crippen molar-refractivity contribution >= 4 is 19.1 Å². The van der Waals surface area contributed by atoms with Gasteiger partial charge in [-0.15, -0.1) is 0 Å². The van der Waals surface area contributed by atoms with Gasteiger partial charge in [0.2, 0.25) is 5.30 Å². The molecule has 1 atom stereocenters. The second kappa shape index (κ2) is 9.70. The molecule has 0 aliphatic heterocycles. The zero-order valence-corrected chi connectivity index (χ0v) is 14.8.